The Morgan fingerprint density at radius 1 is 1.11 bits per heavy atom. The summed E-state index contributed by atoms with van der Waals surface area (Å²) in [6.07, 6.45) is 1.57. The van der Waals surface area contributed by atoms with Gasteiger partial charge in [-0.2, -0.15) is 0 Å². The van der Waals surface area contributed by atoms with Gasteiger partial charge in [-0.1, -0.05) is 49.4 Å². The van der Waals surface area contributed by atoms with Crippen LogP contribution in [0.1, 0.15) is 40.7 Å². The van der Waals surface area contributed by atoms with E-state index in [0.29, 0.717) is 11.8 Å². The number of phenols is 1. The lowest BCUT2D eigenvalue weighted by Gasteiger charge is -2.18. The Morgan fingerprint density at radius 3 is 2.44 bits per heavy atom. The fraction of sp³-hybridized carbons (Fsp3) is 0.188. The molecular formula is C16H16O2. The Bertz CT molecular complexity index is 532. The summed E-state index contributed by atoms with van der Waals surface area (Å²) in [4.78, 5) is 10.9. The fourth-order valence-electron chi connectivity index (χ4n) is 2.28. The normalized spacial score (nSPS) is 12.1. The molecule has 92 valence electrons. The van der Waals surface area contributed by atoms with Gasteiger partial charge < -0.3 is 5.11 Å². The minimum absolute atomic E-state index is 0.100. The summed E-state index contributed by atoms with van der Waals surface area (Å²) < 4.78 is 0. The molecule has 0 aromatic heterocycles. The lowest BCUT2D eigenvalue weighted by molar-refractivity contribution is 0.112. The molecule has 0 radical (unpaired) electrons. The van der Waals surface area contributed by atoms with Crippen LogP contribution in [0.4, 0.5) is 0 Å². The van der Waals surface area contributed by atoms with Crippen molar-refractivity contribution in [3.05, 3.63) is 65.2 Å². The molecule has 2 nitrogen and oxygen atoms in total. The van der Waals surface area contributed by atoms with Gasteiger partial charge in [0.05, 0.1) is 5.56 Å². The molecule has 0 saturated heterocycles. The third-order valence-electron chi connectivity index (χ3n) is 3.21. The van der Waals surface area contributed by atoms with Gasteiger partial charge in [-0.05, 0) is 18.1 Å². The van der Waals surface area contributed by atoms with E-state index in [1.807, 2.05) is 42.5 Å². The van der Waals surface area contributed by atoms with Crippen molar-refractivity contribution in [1.29, 1.82) is 0 Å². The summed E-state index contributed by atoms with van der Waals surface area (Å²) >= 11 is 0. The Labute approximate surface area is 107 Å². The van der Waals surface area contributed by atoms with Crippen LogP contribution in [0.15, 0.2) is 48.5 Å². The lowest BCUT2D eigenvalue weighted by Crippen LogP contribution is -2.01. The molecular weight excluding hydrogens is 224 g/mol. The van der Waals surface area contributed by atoms with Gasteiger partial charge in [0.15, 0.2) is 6.29 Å². The summed E-state index contributed by atoms with van der Waals surface area (Å²) in [5.41, 5.74) is 2.31. The van der Waals surface area contributed by atoms with E-state index in [1.165, 1.54) is 0 Å². The summed E-state index contributed by atoms with van der Waals surface area (Å²) in [5, 5.41) is 10.1. The van der Waals surface area contributed by atoms with Gasteiger partial charge in [-0.3, -0.25) is 4.79 Å². The quantitative estimate of drug-likeness (QED) is 0.826. The highest BCUT2D eigenvalue weighted by Gasteiger charge is 2.17. The molecule has 0 heterocycles. The number of benzene rings is 2. The molecule has 0 aliphatic heterocycles. The highest BCUT2D eigenvalue weighted by Crippen LogP contribution is 2.34. The van der Waals surface area contributed by atoms with Crippen molar-refractivity contribution in [2.24, 2.45) is 0 Å². The van der Waals surface area contributed by atoms with Crippen LogP contribution in [0.3, 0.4) is 0 Å². The van der Waals surface area contributed by atoms with E-state index < -0.39 is 0 Å². The first-order valence-electron chi connectivity index (χ1n) is 6.10. The molecule has 0 amide bonds. The topological polar surface area (TPSA) is 37.3 Å². The zero-order valence-electron chi connectivity index (χ0n) is 10.3. The van der Waals surface area contributed by atoms with Crippen LogP contribution in [0.25, 0.3) is 0 Å². The van der Waals surface area contributed by atoms with Gasteiger partial charge in [-0.15, -0.1) is 0 Å². The van der Waals surface area contributed by atoms with Crippen molar-refractivity contribution in [1.82, 2.24) is 0 Å². The van der Waals surface area contributed by atoms with E-state index in [0.717, 1.165) is 17.5 Å². The number of hydrogen-bond acceptors (Lipinski definition) is 2. The highest BCUT2D eigenvalue weighted by molar-refractivity contribution is 5.80. The molecule has 1 atom stereocenters. The second-order valence-corrected chi connectivity index (χ2v) is 4.27. The van der Waals surface area contributed by atoms with E-state index in [-0.39, 0.29) is 11.7 Å². The second kappa shape index (κ2) is 5.50. The molecule has 0 aliphatic rings. The van der Waals surface area contributed by atoms with Crippen molar-refractivity contribution in [2.75, 3.05) is 0 Å². The number of aldehydes is 1. The number of carbonyl (C=O) groups excluding carboxylic acids is 1. The van der Waals surface area contributed by atoms with Crippen LogP contribution >= 0.6 is 0 Å². The summed E-state index contributed by atoms with van der Waals surface area (Å²) in [6, 6.07) is 15.3. The average molecular weight is 240 g/mol. The summed E-state index contributed by atoms with van der Waals surface area (Å²) in [7, 11) is 0. The monoisotopic (exact) mass is 240 g/mol. The van der Waals surface area contributed by atoms with E-state index >= 15 is 0 Å². The highest BCUT2D eigenvalue weighted by atomic mass is 16.3. The fourth-order valence-corrected chi connectivity index (χ4v) is 2.28. The van der Waals surface area contributed by atoms with E-state index in [2.05, 4.69) is 6.92 Å². The number of carbonyl (C=O) groups is 1. The predicted octanol–water partition coefficient (Wildman–Crippen LogP) is 3.75. The SMILES string of the molecule is CC[C@H](c1ccccc1)c1cccc(C=O)c1O. The van der Waals surface area contributed by atoms with Gasteiger partial charge in [0.2, 0.25) is 0 Å². The number of rotatable bonds is 4. The third kappa shape index (κ3) is 2.28. The van der Waals surface area contributed by atoms with Crippen LogP contribution in [0.5, 0.6) is 5.75 Å². The zero-order chi connectivity index (χ0) is 13.0. The third-order valence-corrected chi connectivity index (χ3v) is 3.21. The standard InChI is InChI=1S/C16H16O2/c1-2-14(12-7-4-3-5-8-12)15-10-6-9-13(11-17)16(15)18/h3-11,14,18H,2H2,1H3/t14-/m1/s1. The van der Waals surface area contributed by atoms with E-state index in [9.17, 15) is 9.90 Å². The first-order chi connectivity index (χ1) is 8.77. The Hall–Kier alpha value is -2.09. The van der Waals surface area contributed by atoms with Crippen molar-refractivity contribution in [2.45, 2.75) is 19.3 Å². The molecule has 2 heteroatoms. The maximum atomic E-state index is 10.9. The predicted molar refractivity (Wildman–Crippen MR) is 72.1 cm³/mol. The lowest BCUT2D eigenvalue weighted by atomic mass is 9.87. The number of phenolic OH excluding ortho intramolecular Hbond substituents is 1. The van der Waals surface area contributed by atoms with Crippen molar-refractivity contribution in [3.63, 3.8) is 0 Å². The Kier molecular flexibility index (Phi) is 3.78. The van der Waals surface area contributed by atoms with Crippen LogP contribution in [0, 0.1) is 0 Å². The number of hydrogen-bond donors (Lipinski definition) is 1. The van der Waals surface area contributed by atoms with Crippen LogP contribution in [-0.2, 0) is 0 Å². The largest absolute Gasteiger partial charge is 0.507 e. The van der Waals surface area contributed by atoms with Gasteiger partial charge in [0.25, 0.3) is 0 Å². The first-order valence-corrected chi connectivity index (χ1v) is 6.10. The molecule has 2 aromatic rings. The molecule has 18 heavy (non-hydrogen) atoms. The molecule has 0 spiro atoms. The second-order valence-electron chi connectivity index (χ2n) is 4.27. The average Bonchev–Trinajstić information content (AvgIpc) is 2.43. The first kappa shape index (κ1) is 12.4. The van der Waals surface area contributed by atoms with Crippen LogP contribution < -0.4 is 0 Å². The van der Waals surface area contributed by atoms with E-state index in [1.54, 1.807) is 6.07 Å². The molecule has 2 rings (SSSR count). The summed E-state index contributed by atoms with van der Waals surface area (Å²) in [5.74, 6) is 0.217. The minimum Gasteiger partial charge on any atom is -0.507 e. The van der Waals surface area contributed by atoms with E-state index in [4.69, 9.17) is 0 Å². The summed E-state index contributed by atoms with van der Waals surface area (Å²) in [6.45, 7) is 2.07. The van der Waals surface area contributed by atoms with Gasteiger partial charge in [-0.25, -0.2) is 0 Å². The molecule has 2 aromatic carbocycles. The number of para-hydroxylation sites is 1. The maximum absolute atomic E-state index is 10.9. The molecule has 0 fully saturated rings. The van der Waals surface area contributed by atoms with Crippen molar-refractivity contribution < 1.29 is 9.90 Å². The molecule has 0 saturated carbocycles. The zero-order valence-corrected chi connectivity index (χ0v) is 10.3. The molecule has 0 unspecified atom stereocenters. The van der Waals surface area contributed by atoms with Crippen molar-refractivity contribution in [3.8, 4) is 5.75 Å². The Morgan fingerprint density at radius 2 is 1.83 bits per heavy atom. The van der Waals surface area contributed by atoms with Gasteiger partial charge in [0.1, 0.15) is 5.75 Å². The maximum Gasteiger partial charge on any atom is 0.153 e. The smallest absolute Gasteiger partial charge is 0.153 e. The molecule has 0 aliphatic carbocycles. The van der Waals surface area contributed by atoms with Crippen LogP contribution in [0.2, 0.25) is 0 Å². The Balaban J connectivity index is 2.49. The van der Waals surface area contributed by atoms with Gasteiger partial charge >= 0.3 is 0 Å². The van der Waals surface area contributed by atoms with Gasteiger partial charge in [0, 0.05) is 11.5 Å². The van der Waals surface area contributed by atoms with Crippen LogP contribution in [-0.4, -0.2) is 11.4 Å². The van der Waals surface area contributed by atoms with Crippen molar-refractivity contribution >= 4 is 6.29 Å². The molecule has 0 bridgehead atoms. The molecule has 1 N–H and O–H groups in total. The number of aromatic hydroxyl groups is 1. The minimum atomic E-state index is 0.100.